The molecule has 1 aromatic rings. The van der Waals surface area contributed by atoms with Gasteiger partial charge in [-0.1, -0.05) is 6.08 Å². The molecule has 0 radical (unpaired) electrons. The van der Waals surface area contributed by atoms with Gasteiger partial charge >= 0.3 is 0 Å². The number of hydrogen-bond acceptors (Lipinski definition) is 3. The Balaban J connectivity index is 2.39. The molecule has 0 saturated heterocycles. The van der Waals surface area contributed by atoms with Crippen molar-refractivity contribution in [3.63, 3.8) is 0 Å². The number of pyridine rings is 1. The van der Waals surface area contributed by atoms with Crippen LogP contribution in [0, 0.1) is 0 Å². The first-order chi connectivity index (χ1) is 6.17. The summed E-state index contributed by atoms with van der Waals surface area (Å²) in [5, 5.41) is 0. The van der Waals surface area contributed by atoms with Crippen LogP contribution >= 0.6 is 0 Å². The molecule has 1 aliphatic heterocycles. The van der Waals surface area contributed by atoms with Gasteiger partial charge in [0.2, 0.25) is 0 Å². The van der Waals surface area contributed by atoms with E-state index < -0.39 is 0 Å². The lowest BCUT2D eigenvalue weighted by Gasteiger charge is -2.21. The second-order valence-electron chi connectivity index (χ2n) is 3.74. The Morgan fingerprint density at radius 2 is 2.23 bits per heavy atom. The average molecular weight is 175 g/mol. The fraction of sp³-hybridized carbons (Fsp3) is 0.300. The van der Waals surface area contributed by atoms with Gasteiger partial charge in [-0.25, -0.2) is 5.43 Å². The van der Waals surface area contributed by atoms with Crippen LogP contribution < -0.4 is 10.9 Å². The molecule has 0 unspecified atom stereocenters. The van der Waals surface area contributed by atoms with Gasteiger partial charge in [-0.15, -0.1) is 0 Å². The van der Waals surface area contributed by atoms with Crippen LogP contribution in [0.15, 0.2) is 24.4 Å². The van der Waals surface area contributed by atoms with Crippen LogP contribution in [0.1, 0.15) is 19.5 Å². The highest BCUT2D eigenvalue weighted by atomic mass is 15.4. The fourth-order valence-electron chi connectivity index (χ4n) is 1.21. The maximum absolute atomic E-state index is 4.26. The van der Waals surface area contributed by atoms with Gasteiger partial charge in [0.05, 0.1) is 11.4 Å². The van der Waals surface area contributed by atoms with Gasteiger partial charge in [-0.05, 0) is 32.1 Å². The predicted molar refractivity (Wildman–Crippen MR) is 54.1 cm³/mol. The summed E-state index contributed by atoms with van der Waals surface area (Å²) in [7, 11) is 0. The Labute approximate surface area is 77.9 Å². The first-order valence-corrected chi connectivity index (χ1v) is 4.35. The number of rotatable bonds is 0. The summed E-state index contributed by atoms with van der Waals surface area (Å²) >= 11 is 0. The van der Waals surface area contributed by atoms with E-state index in [4.69, 9.17) is 0 Å². The molecule has 2 rings (SSSR count). The minimum Gasteiger partial charge on any atom is -0.319 e. The maximum atomic E-state index is 4.26. The molecule has 13 heavy (non-hydrogen) atoms. The zero-order valence-electron chi connectivity index (χ0n) is 7.83. The Hall–Kier alpha value is -1.35. The average Bonchev–Trinajstić information content (AvgIpc) is 2.27. The van der Waals surface area contributed by atoms with Crippen molar-refractivity contribution in [3.8, 4) is 0 Å². The molecule has 0 aromatic carbocycles. The van der Waals surface area contributed by atoms with E-state index in [2.05, 4.69) is 35.8 Å². The lowest BCUT2D eigenvalue weighted by atomic mass is 10.1. The van der Waals surface area contributed by atoms with E-state index in [-0.39, 0.29) is 5.54 Å². The highest BCUT2D eigenvalue weighted by Crippen LogP contribution is 2.19. The van der Waals surface area contributed by atoms with Crippen LogP contribution in [-0.4, -0.2) is 10.5 Å². The van der Waals surface area contributed by atoms with Crippen LogP contribution in [0.3, 0.4) is 0 Å². The molecule has 0 bridgehead atoms. The lowest BCUT2D eigenvalue weighted by molar-refractivity contribution is 0.527. The molecule has 0 spiro atoms. The number of hydrogen-bond donors (Lipinski definition) is 2. The van der Waals surface area contributed by atoms with Crippen LogP contribution in [0.25, 0.3) is 6.08 Å². The van der Waals surface area contributed by atoms with Crippen molar-refractivity contribution >= 4 is 11.8 Å². The van der Waals surface area contributed by atoms with Crippen LogP contribution in [0.4, 0.5) is 5.69 Å². The second-order valence-corrected chi connectivity index (χ2v) is 3.74. The van der Waals surface area contributed by atoms with E-state index in [1.807, 2.05) is 18.2 Å². The van der Waals surface area contributed by atoms with Gasteiger partial charge in [0.1, 0.15) is 0 Å². The van der Waals surface area contributed by atoms with E-state index >= 15 is 0 Å². The standard InChI is InChI=1S/C10H13N3/c1-10(2)6-5-8-9(12-13-10)4-3-7-11-8/h3-7,12-13H,1-2H3. The molecular weight excluding hydrogens is 162 g/mol. The van der Waals surface area contributed by atoms with E-state index in [0.29, 0.717) is 0 Å². The van der Waals surface area contributed by atoms with Crippen molar-refractivity contribution in [1.29, 1.82) is 0 Å². The van der Waals surface area contributed by atoms with Crippen LogP contribution in [-0.2, 0) is 0 Å². The summed E-state index contributed by atoms with van der Waals surface area (Å²) in [5.74, 6) is 0. The van der Waals surface area contributed by atoms with Crippen molar-refractivity contribution in [3.05, 3.63) is 30.1 Å². The number of anilines is 1. The SMILES string of the molecule is CC1(C)C=Cc2ncccc2NN1. The normalized spacial score (nSPS) is 18.6. The minimum absolute atomic E-state index is 0.0410. The van der Waals surface area contributed by atoms with E-state index in [1.54, 1.807) is 6.20 Å². The third-order valence-corrected chi connectivity index (χ3v) is 2.02. The van der Waals surface area contributed by atoms with E-state index in [0.717, 1.165) is 11.4 Å². The predicted octanol–water partition coefficient (Wildman–Crippen LogP) is 1.80. The van der Waals surface area contributed by atoms with Crippen molar-refractivity contribution in [2.75, 3.05) is 5.43 Å². The number of aromatic nitrogens is 1. The second kappa shape index (κ2) is 2.85. The van der Waals surface area contributed by atoms with Gasteiger partial charge in [-0.3, -0.25) is 4.98 Å². The summed E-state index contributed by atoms with van der Waals surface area (Å²) < 4.78 is 0. The third-order valence-electron chi connectivity index (χ3n) is 2.02. The van der Waals surface area contributed by atoms with E-state index in [9.17, 15) is 0 Å². The largest absolute Gasteiger partial charge is 0.319 e. The summed E-state index contributed by atoms with van der Waals surface area (Å²) in [6, 6.07) is 3.92. The number of nitrogens with one attached hydrogen (secondary N) is 2. The smallest absolute Gasteiger partial charge is 0.0871 e. The van der Waals surface area contributed by atoms with Gasteiger partial charge in [0.15, 0.2) is 0 Å². The summed E-state index contributed by atoms with van der Waals surface area (Å²) in [5.41, 5.74) is 8.29. The molecule has 1 aromatic heterocycles. The summed E-state index contributed by atoms with van der Waals surface area (Å²) in [6.45, 7) is 4.20. The Morgan fingerprint density at radius 3 is 3.08 bits per heavy atom. The molecule has 0 saturated carbocycles. The number of hydrazine groups is 1. The van der Waals surface area contributed by atoms with Crippen molar-refractivity contribution in [2.24, 2.45) is 0 Å². The Bertz CT molecular complexity index is 342. The van der Waals surface area contributed by atoms with Crippen molar-refractivity contribution in [1.82, 2.24) is 10.4 Å². The molecule has 3 heteroatoms. The topological polar surface area (TPSA) is 37.0 Å². The molecule has 0 amide bonds. The molecule has 2 heterocycles. The molecule has 0 atom stereocenters. The Morgan fingerprint density at radius 1 is 1.38 bits per heavy atom. The van der Waals surface area contributed by atoms with Gasteiger partial charge in [-0.2, -0.15) is 0 Å². The zero-order chi connectivity index (χ0) is 9.31. The van der Waals surface area contributed by atoms with Gasteiger partial charge in [0.25, 0.3) is 0 Å². The highest BCUT2D eigenvalue weighted by molar-refractivity contribution is 5.64. The molecular formula is C10H13N3. The molecule has 1 aliphatic rings. The fourth-order valence-corrected chi connectivity index (χ4v) is 1.21. The third kappa shape index (κ3) is 1.70. The van der Waals surface area contributed by atoms with Crippen molar-refractivity contribution in [2.45, 2.75) is 19.4 Å². The van der Waals surface area contributed by atoms with Crippen LogP contribution in [0.2, 0.25) is 0 Å². The van der Waals surface area contributed by atoms with Crippen LogP contribution in [0.5, 0.6) is 0 Å². The lowest BCUT2D eigenvalue weighted by Crippen LogP contribution is -2.40. The molecule has 68 valence electrons. The zero-order valence-corrected chi connectivity index (χ0v) is 7.83. The molecule has 3 nitrogen and oxygen atoms in total. The highest BCUT2D eigenvalue weighted by Gasteiger charge is 2.16. The number of nitrogens with zero attached hydrogens (tertiary/aromatic N) is 1. The van der Waals surface area contributed by atoms with Crippen molar-refractivity contribution < 1.29 is 0 Å². The summed E-state index contributed by atoms with van der Waals surface area (Å²) in [4.78, 5) is 4.26. The Kier molecular flexibility index (Phi) is 1.81. The first kappa shape index (κ1) is 8.26. The monoisotopic (exact) mass is 175 g/mol. The van der Waals surface area contributed by atoms with Gasteiger partial charge < -0.3 is 5.43 Å². The minimum atomic E-state index is -0.0410. The number of fused-ring (bicyclic) bond motifs is 1. The first-order valence-electron chi connectivity index (χ1n) is 4.35. The molecule has 2 N–H and O–H groups in total. The quantitative estimate of drug-likeness (QED) is 0.631. The summed E-state index contributed by atoms with van der Waals surface area (Å²) in [6.07, 6.45) is 5.92. The van der Waals surface area contributed by atoms with Gasteiger partial charge in [0, 0.05) is 11.7 Å². The van der Waals surface area contributed by atoms with E-state index in [1.165, 1.54) is 0 Å². The molecule has 0 aliphatic carbocycles. The molecule has 0 fully saturated rings. The maximum Gasteiger partial charge on any atom is 0.0871 e.